The van der Waals surface area contributed by atoms with Crippen LogP contribution in [0.15, 0.2) is 52.7 Å². The van der Waals surface area contributed by atoms with Crippen LogP contribution in [0.1, 0.15) is 5.56 Å². The first-order valence-corrected chi connectivity index (χ1v) is 6.37. The first kappa shape index (κ1) is 12.4. The first-order valence-electron chi connectivity index (χ1n) is 5.49. The van der Waals surface area contributed by atoms with Crippen molar-refractivity contribution in [1.82, 2.24) is 4.57 Å². The number of nitrogens with zero attached hydrogens (tertiary/aromatic N) is 3. The topological polar surface area (TPSA) is 46.7 Å². The molecule has 0 radical (unpaired) electrons. The minimum absolute atomic E-state index is 0.584. The standard InChI is InChI=1S/C13H13N3OS/c1-3-8-16-12(9-18-13(16)14-15-17)11-6-4-10(2)5-7-11/h3-7,9H,1,8H2,2H3/b14-13-. The second kappa shape index (κ2) is 5.55. The maximum absolute atomic E-state index is 10.3. The minimum Gasteiger partial charge on any atom is -0.311 e. The van der Waals surface area contributed by atoms with Crippen molar-refractivity contribution in [2.24, 2.45) is 10.4 Å². The Labute approximate surface area is 109 Å². The van der Waals surface area contributed by atoms with Gasteiger partial charge in [0.25, 0.3) is 0 Å². The Hall–Kier alpha value is -2.01. The van der Waals surface area contributed by atoms with E-state index in [0.717, 1.165) is 11.3 Å². The van der Waals surface area contributed by atoms with Crippen molar-refractivity contribution in [3.05, 3.63) is 57.6 Å². The molecule has 18 heavy (non-hydrogen) atoms. The zero-order valence-electron chi connectivity index (χ0n) is 10.0. The summed E-state index contributed by atoms with van der Waals surface area (Å²) < 4.78 is 1.92. The van der Waals surface area contributed by atoms with E-state index in [0.29, 0.717) is 11.3 Å². The molecule has 0 saturated heterocycles. The summed E-state index contributed by atoms with van der Waals surface area (Å²) in [7, 11) is 0. The van der Waals surface area contributed by atoms with Crippen LogP contribution in [0.3, 0.4) is 0 Å². The van der Waals surface area contributed by atoms with E-state index in [1.54, 1.807) is 6.08 Å². The largest absolute Gasteiger partial charge is 0.311 e. The molecule has 2 aromatic rings. The van der Waals surface area contributed by atoms with E-state index in [4.69, 9.17) is 0 Å². The number of aryl methyl sites for hydroxylation is 1. The van der Waals surface area contributed by atoms with Gasteiger partial charge in [-0.2, -0.15) is 0 Å². The van der Waals surface area contributed by atoms with Gasteiger partial charge in [-0.15, -0.1) is 22.8 Å². The molecule has 92 valence electrons. The second-order valence-electron chi connectivity index (χ2n) is 3.85. The number of allylic oxidation sites excluding steroid dienone is 1. The quantitative estimate of drug-likeness (QED) is 0.472. The van der Waals surface area contributed by atoms with Gasteiger partial charge in [-0.1, -0.05) is 41.0 Å². The Morgan fingerprint density at radius 3 is 2.72 bits per heavy atom. The third-order valence-corrected chi connectivity index (χ3v) is 3.44. The van der Waals surface area contributed by atoms with E-state index in [1.807, 2.05) is 16.9 Å². The predicted molar refractivity (Wildman–Crippen MR) is 74.0 cm³/mol. The highest BCUT2D eigenvalue weighted by Gasteiger charge is 2.06. The summed E-state index contributed by atoms with van der Waals surface area (Å²) in [6.45, 7) is 6.37. The summed E-state index contributed by atoms with van der Waals surface area (Å²) in [6, 6.07) is 8.21. The molecule has 1 aromatic heterocycles. The zero-order valence-corrected chi connectivity index (χ0v) is 10.9. The van der Waals surface area contributed by atoms with Crippen LogP contribution in [0, 0.1) is 11.8 Å². The Balaban J connectivity index is 2.57. The highest BCUT2D eigenvalue weighted by molar-refractivity contribution is 7.07. The van der Waals surface area contributed by atoms with Crippen LogP contribution in [-0.4, -0.2) is 4.57 Å². The number of nitroso groups, excluding NO2 is 1. The second-order valence-corrected chi connectivity index (χ2v) is 4.69. The van der Waals surface area contributed by atoms with Gasteiger partial charge in [0.05, 0.1) is 11.0 Å². The number of aromatic nitrogens is 1. The number of benzene rings is 1. The molecule has 0 aliphatic carbocycles. The summed E-state index contributed by atoms with van der Waals surface area (Å²) in [4.78, 5) is 10.9. The van der Waals surface area contributed by atoms with Crippen LogP contribution < -0.4 is 4.80 Å². The molecule has 0 bridgehead atoms. The average Bonchev–Trinajstić information content (AvgIpc) is 2.75. The van der Waals surface area contributed by atoms with Gasteiger partial charge in [-0.05, 0) is 12.5 Å². The fourth-order valence-corrected chi connectivity index (χ4v) is 2.57. The highest BCUT2D eigenvalue weighted by atomic mass is 32.1. The van der Waals surface area contributed by atoms with Crippen LogP contribution in [0.5, 0.6) is 0 Å². The minimum atomic E-state index is 0.584. The predicted octanol–water partition coefficient (Wildman–Crippen LogP) is 3.29. The van der Waals surface area contributed by atoms with Crippen molar-refractivity contribution in [2.75, 3.05) is 0 Å². The van der Waals surface area contributed by atoms with Crippen LogP contribution in [0.4, 0.5) is 0 Å². The van der Waals surface area contributed by atoms with E-state index in [-0.39, 0.29) is 0 Å². The lowest BCUT2D eigenvalue weighted by Crippen LogP contribution is -2.14. The van der Waals surface area contributed by atoms with E-state index in [2.05, 4.69) is 41.2 Å². The van der Waals surface area contributed by atoms with E-state index < -0.39 is 0 Å². The van der Waals surface area contributed by atoms with Crippen molar-refractivity contribution in [1.29, 1.82) is 0 Å². The molecule has 2 rings (SSSR count). The Morgan fingerprint density at radius 2 is 2.11 bits per heavy atom. The van der Waals surface area contributed by atoms with Crippen LogP contribution in [0.25, 0.3) is 11.3 Å². The molecule has 1 aromatic carbocycles. The third kappa shape index (κ3) is 2.46. The number of hydrogen-bond donors (Lipinski definition) is 0. The molecular formula is C13H13N3OS. The number of hydrogen-bond acceptors (Lipinski definition) is 3. The van der Waals surface area contributed by atoms with Gasteiger partial charge in [0.2, 0.25) is 4.80 Å². The van der Waals surface area contributed by atoms with Crippen molar-refractivity contribution < 1.29 is 0 Å². The molecule has 5 heteroatoms. The highest BCUT2D eigenvalue weighted by Crippen LogP contribution is 2.20. The van der Waals surface area contributed by atoms with Crippen LogP contribution >= 0.6 is 11.3 Å². The van der Waals surface area contributed by atoms with Crippen molar-refractivity contribution in [3.63, 3.8) is 0 Å². The summed E-state index contributed by atoms with van der Waals surface area (Å²) in [6.07, 6.45) is 1.77. The smallest absolute Gasteiger partial charge is 0.214 e. The Morgan fingerprint density at radius 1 is 1.39 bits per heavy atom. The third-order valence-electron chi connectivity index (χ3n) is 2.58. The number of rotatable bonds is 4. The SMILES string of the molecule is C=CCn1c(-c2ccc(C)cc2)cs/c1=N\N=O. The lowest BCUT2D eigenvalue weighted by Gasteiger charge is -2.06. The summed E-state index contributed by atoms with van der Waals surface area (Å²) in [5, 5.41) is 8.16. The van der Waals surface area contributed by atoms with Gasteiger partial charge in [-0.3, -0.25) is 0 Å². The maximum Gasteiger partial charge on any atom is 0.214 e. The summed E-state index contributed by atoms with van der Waals surface area (Å²) >= 11 is 1.39. The van der Waals surface area contributed by atoms with Gasteiger partial charge in [0.15, 0.2) is 0 Å². The first-order chi connectivity index (χ1) is 8.76. The monoisotopic (exact) mass is 259 g/mol. The Kier molecular flexibility index (Phi) is 3.84. The molecule has 0 spiro atoms. The maximum atomic E-state index is 10.3. The molecule has 0 aliphatic heterocycles. The van der Waals surface area contributed by atoms with Crippen LogP contribution in [-0.2, 0) is 6.54 Å². The van der Waals surface area contributed by atoms with E-state index in [9.17, 15) is 4.91 Å². The summed E-state index contributed by atoms with van der Waals surface area (Å²) in [5.41, 5.74) is 3.32. The molecule has 4 nitrogen and oxygen atoms in total. The molecule has 0 atom stereocenters. The molecule has 0 aliphatic rings. The van der Waals surface area contributed by atoms with E-state index >= 15 is 0 Å². The lowest BCUT2D eigenvalue weighted by atomic mass is 10.1. The van der Waals surface area contributed by atoms with Gasteiger partial charge in [0.1, 0.15) is 0 Å². The molecule has 1 heterocycles. The van der Waals surface area contributed by atoms with Gasteiger partial charge >= 0.3 is 0 Å². The van der Waals surface area contributed by atoms with Gasteiger partial charge in [0, 0.05) is 11.9 Å². The molecule has 0 fully saturated rings. The molecule has 0 amide bonds. The zero-order chi connectivity index (χ0) is 13.0. The fraction of sp³-hybridized carbons (Fsp3) is 0.154. The van der Waals surface area contributed by atoms with Crippen LogP contribution in [0.2, 0.25) is 0 Å². The van der Waals surface area contributed by atoms with Crippen molar-refractivity contribution in [3.8, 4) is 11.3 Å². The fourth-order valence-electron chi connectivity index (χ4n) is 1.71. The summed E-state index contributed by atoms with van der Waals surface area (Å²) in [5.74, 6) is 0. The number of thiazole rings is 1. The Bertz CT molecular complexity index is 622. The molecule has 0 unspecified atom stereocenters. The lowest BCUT2D eigenvalue weighted by molar-refractivity contribution is 0.787. The van der Waals surface area contributed by atoms with Crippen molar-refractivity contribution in [2.45, 2.75) is 13.5 Å². The molecule has 0 saturated carbocycles. The van der Waals surface area contributed by atoms with Crippen molar-refractivity contribution >= 4 is 11.3 Å². The molecular weight excluding hydrogens is 246 g/mol. The normalized spacial score (nSPS) is 11.5. The van der Waals surface area contributed by atoms with E-state index in [1.165, 1.54) is 16.9 Å². The molecule has 0 N–H and O–H groups in total. The van der Waals surface area contributed by atoms with Gasteiger partial charge < -0.3 is 4.57 Å². The average molecular weight is 259 g/mol. The van der Waals surface area contributed by atoms with Gasteiger partial charge in [-0.25, -0.2) is 0 Å².